The first-order chi connectivity index (χ1) is 16.0. The summed E-state index contributed by atoms with van der Waals surface area (Å²) in [5, 5.41) is 3.24. The van der Waals surface area contributed by atoms with E-state index in [2.05, 4.69) is 37.1 Å². The molecular formula is C24H24ClFN6O. The molecule has 1 aliphatic carbocycles. The van der Waals surface area contributed by atoms with E-state index in [-0.39, 0.29) is 16.7 Å². The predicted octanol–water partition coefficient (Wildman–Crippen LogP) is 4.91. The van der Waals surface area contributed by atoms with E-state index in [4.69, 9.17) is 16.3 Å². The lowest BCUT2D eigenvalue weighted by molar-refractivity contribution is 0.313. The highest BCUT2D eigenvalue weighted by Gasteiger charge is 2.20. The molecule has 0 bridgehead atoms. The number of likely N-dealkylation sites (N-methyl/N-ethyl adjacent to an activating group) is 1. The smallest absolute Gasteiger partial charge is 0.243 e. The number of pyridine rings is 1. The Labute approximate surface area is 196 Å². The van der Waals surface area contributed by atoms with Crippen molar-refractivity contribution in [2.75, 3.05) is 43.4 Å². The second-order valence-corrected chi connectivity index (χ2v) is 8.76. The number of hydrogen-bond donors (Lipinski definition) is 1. The predicted molar refractivity (Wildman–Crippen MR) is 128 cm³/mol. The number of hydrogen-bond acceptors (Lipinski definition) is 7. The molecule has 3 heterocycles. The van der Waals surface area contributed by atoms with Gasteiger partial charge in [0, 0.05) is 31.7 Å². The fourth-order valence-electron chi connectivity index (χ4n) is 4.05. The molecule has 0 atom stereocenters. The summed E-state index contributed by atoms with van der Waals surface area (Å²) in [6.45, 7) is 5.97. The Morgan fingerprint density at radius 2 is 1.88 bits per heavy atom. The van der Waals surface area contributed by atoms with Crippen LogP contribution in [-0.2, 0) is 6.42 Å². The molecule has 1 aliphatic heterocycles. The number of anilines is 3. The van der Waals surface area contributed by atoms with Gasteiger partial charge in [0.1, 0.15) is 17.2 Å². The van der Waals surface area contributed by atoms with Gasteiger partial charge >= 0.3 is 0 Å². The molecule has 2 aromatic heterocycles. The standard InChI is InChI=1S/C24H24ClFN6O/c1-15-11-16-3-5-19(22(26)18(16)12-15)33-24-21(25)23(28-14-29-24)30-20-6-4-17(13-27-20)32-9-7-31(2)8-10-32/h3-6,12-14H,7-11H2,1-2H3,(H,27,28,29,30). The highest BCUT2D eigenvalue weighted by molar-refractivity contribution is 6.34. The minimum absolute atomic E-state index is 0.0702. The van der Waals surface area contributed by atoms with Crippen LogP contribution in [0.1, 0.15) is 18.1 Å². The molecule has 3 aromatic rings. The zero-order valence-corrected chi connectivity index (χ0v) is 19.2. The van der Waals surface area contributed by atoms with Crippen LogP contribution in [0.15, 0.2) is 42.4 Å². The lowest BCUT2D eigenvalue weighted by atomic mass is 10.1. The van der Waals surface area contributed by atoms with Crippen LogP contribution in [0.3, 0.4) is 0 Å². The molecule has 1 N–H and O–H groups in total. The highest BCUT2D eigenvalue weighted by atomic mass is 35.5. The number of aromatic nitrogens is 3. The average Bonchev–Trinajstić information content (AvgIpc) is 3.20. The summed E-state index contributed by atoms with van der Waals surface area (Å²) in [4.78, 5) is 17.4. The third kappa shape index (κ3) is 4.49. The van der Waals surface area contributed by atoms with Crippen LogP contribution >= 0.6 is 11.6 Å². The van der Waals surface area contributed by atoms with Crippen molar-refractivity contribution in [3.05, 3.63) is 64.3 Å². The number of nitrogens with zero attached hydrogens (tertiary/aromatic N) is 5. The molecule has 170 valence electrons. The Hall–Kier alpha value is -3.23. The van der Waals surface area contributed by atoms with Gasteiger partial charge < -0.3 is 19.9 Å². The van der Waals surface area contributed by atoms with Gasteiger partial charge in [-0.2, -0.15) is 4.98 Å². The first-order valence-corrected chi connectivity index (χ1v) is 11.2. The second-order valence-electron chi connectivity index (χ2n) is 8.38. The van der Waals surface area contributed by atoms with Crippen LogP contribution in [-0.4, -0.2) is 53.1 Å². The summed E-state index contributed by atoms with van der Waals surface area (Å²) < 4.78 is 20.7. The first kappa shape index (κ1) is 21.6. The van der Waals surface area contributed by atoms with Crippen molar-refractivity contribution < 1.29 is 9.13 Å². The van der Waals surface area contributed by atoms with Crippen LogP contribution in [0.5, 0.6) is 11.6 Å². The van der Waals surface area contributed by atoms with Crippen LogP contribution in [0.4, 0.5) is 21.7 Å². The molecule has 0 saturated carbocycles. The summed E-state index contributed by atoms with van der Waals surface area (Å²) in [5.41, 5.74) is 3.68. The van der Waals surface area contributed by atoms with Crippen LogP contribution in [0.2, 0.25) is 5.02 Å². The van der Waals surface area contributed by atoms with E-state index >= 15 is 0 Å². The van der Waals surface area contributed by atoms with Gasteiger partial charge in [-0.15, -0.1) is 0 Å². The zero-order chi connectivity index (χ0) is 22.9. The second kappa shape index (κ2) is 8.96. The van der Waals surface area contributed by atoms with E-state index in [1.807, 2.05) is 37.4 Å². The van der Waals surface area contributed by atoms with Gasteiger partial charge in [0.2, 0.25) is 5.88 Å². The average molecular weight is 467 g/mol. The summed E-state index contributed by atoms with van der Waals surface area (Å²) >= 11 is 6.48. The van der Waals surface area contributed by atoms with Crippen molar-refractivity contribution in [3.63, 3.8) is 0 Å². The SMILES string of the molecule is CC1=Cc2c(ccc(Oc3ncnc(Nc4ccc(N5CCN(C)CC5)cn4)c3Cl)c2F)C1. The number of allylic oxidation sites excluding steroid dienone is 1. The summed E-state index contributed by atoms with van der Waals surface area (Å²) in [6, 6.07) is 7.36. The first-order valence-electron chi connectivity index (χ1n) is 10.8. The van der Waals surface area contributed by atoms with Gasteiger partial charge in [-0.25, -0.2) is 14.4 Å². The van der Waals surface area contributed by atoms with Crippen molar-refractivity contribution in [3.8, 4) is 11.6 Å². The molecule has 9 heteroatoms. The Morgan fingerprint density at radius 1 is 1.06 bits per heavy atom. The van der Waals surface area contributed by atoms with Crippen LogP contribution in [0.25, 0.3) is 6.08 Å². The quantitative estimate of drug-likeness (QED) is 0.573. The van der Waals surface area contributed by atoms with Gasteiger partial charge in [0.15, 0.2) is 17.4 Å². The summed E-state index contributed by atoms with van der Waals surface area (Å²) in [7, 11) is 2.13. The lowest BCUT2D eigenvalue weighted by Gasteiger charge is -2.33. The van der Waals surface area contributed by atoms with E-state index in [0.717, 1.165) is 49.4 Å². The lowest BCUT2D eigenvalue weighted by Crippen LogP contribution is -2.44. The Bertz CT molecular complexity index is 1210. The van der Waals surface area contributed by atoms with E-state index in [1.54, 1.807) is 6.07 Å². The molecule has 0 spiro atoms. The number of halogens is 2. The molecule has 5 rings (SSSR count). The molecule has 1 aromatic carbocycles. The summed E-state index contributed by atoms with van der Waals surface area (Å²) in [5.74, 6) is 0.638. The van der Waals surface area contributed by atoms with Gasteiger partial charge in [-0.1, -0.05) is 29.3 Å². The van der Waals surface area contributed by atoms with E-state index in [1.165, 1.54) is 6.33 Å². The van der Waals surface area contributed by atoms with E-state index in [0.29, 0.717) is 17.2 Å². The normalized spacial score (nSPS) is 15.9. The highest BCUT2D eigenvalue weighted by Crippen LogP contribution is 2.37. The maximum Gasteiger partial charge on any atom is 0.243 e. The zero-order valence-electron chi connectivity index (χ0n) is 18.5. The van der Waals surface area contributed by atoms with Gasteiger partial charge in [-0.05, 0) is 44.2 Å². The molecule has 0 amide bonds. The van der Waals surface area contributed by atoms with Crippen molar-refractivity contribution >= 4 is 35.0 Å². The molecule has 0 radical (unpaired) electrons. The van der Waals surface area contributed by atoms with Crippen molar-refractivity contribution in [1.82, 2.24) is 19.9 Å². The molecule has 33 heavy (non-hydrogen) atoms. The van der Waals surface area contributed by atoms with E-state index < -0.39 is 5.82 Å². The summed E-state index contributed by atoms with van der Waals surface area (Å²) in [6.07, 6.45) is 5.73. The number of benzene rings is 1. The minimum Gasteiger partial charge on any atom is -0.434 e. The molecule has 7 nitrogen and oxygen atoms in total. The maximum atomic E-state index is 14.9. The number of piperazine rings is 1. The topological polar surface area (TPSA) is 66.4 Å². The number of ether oxygens (including phenoxy) is 1. The van der Waals surface area contributed by atoms with Crippen molar-refractivity contribution in [2.45, 2.75) is 13.3 Å². The monoisotopic (exact) mass is 466 g/mol. The minimum atomic E-state index is -0.422. The van der Waals surface area contributed by atoms with Crippen molar-refractivity contribution in [1.29, 1.82) is 0 Å². The van der Waals surface area contributed by atoms with Crippen LogP contribution in [0, 0.1) is 5.82 Å². The van der Waals surface area contributed by atoms with Gasteiger partial charge in [0.25, 0.3) is 0 Å². The molecule has 2 aliphatic rings. The molecule has 1 fully saturated rings. The largest absolute Gasteiger partial charge is 0.434 e. The molecule has 0 unspecified atom stereocenters. The number of fused-ring (bicyclic) bond motifs is 1. The fraction of sp³-hybridized carbons (Fsp3) is 0.292. The maximum absolute atomic E-state index is 14.9. The Kier molecular flexibility index (Phi) is 5.86. The van der Waals surface area contributed by atoms with Gasteiger partial charge in [0.05, 0.1) is 11.9 Å². The van der Waals surface area contributed by atoms with Crippen LogP contribution < -0.4 is 15.0 Å². The third-order valence-electron chi connectivity index (χ3n) is 5.92. The van der Waals surface area contributed by atoms with Gasteiger partial charge in [-0.3, -0.25) is 0 Å². The number of nitrogens with one attached hydrogen (secondary N) is 1. The Morgan fingerprint density at radius 3 is 2.64 bits per heavy atom. The number of rotatable bonds is 5. The van der Waals surface area contributed by atoms with Crippen molar-refractivity contribution in [2.24, 2.45) is 0 Å². The molecular weight excluding hydrogens is 443 g/mol. The fourth-order valence-corrected chi connectivity index (χ4v) is 4.23. The third-order valence-corrected chi connectivity index (χ3v) is 6.26. The molecule has 1 saturated heterocycles. The van der Waals surface area contributed by atoms with E-state index in [9.17, 15) is 4.39 Å². The Balaban J connectivity index is 1.32.